The Morgan fingerprint density at radius 2 is 0.833 bits per heavy atom. The van der Waals surface area contributed by atoms with Gasteiger partial charge in [0.1, 0.15) is 0 Å². The first-order valence-electron chi connectivity index (χ1n) is 8.85. The molecule has 0 aliphatic heterocycles. The smallest absolute Gasteiger partial charge is 0.0775 e. The van der Waals surface area contributed by atoms with Gasteiger partial charge in [-0.15, -0.1) is 0 Å². The Hall–Kier alpha value is -0.266. The molecular weight excluding hydrogens is 358 g/mol. The van der Waals surface area contributed by atoms with Crippen molar-refractivity contribution in [2.45, 2.75) is 39.3 Å². The van der Waals surface area contributed by atoms with Crippen LogP contribution in [0.1, 0.15) is 0 Å². The van der Waals surface area contributed by atoms with Gasteiger partial charge in [-0.25, -0.2) is 0 Å². The maximum Gasteiger partial charge on any atom is 0.0775 e. The molecule has 2 aromatic carbocycles. The average molecular weight is 391 g/mol. The summed E-state index contributed by atoms with van der Waals surface area (Å²) in [6.07, 6.45) is 2.64. The van der Waals surface area contributed by atoms with Crippen LogP contribution in [0.5, 0.6) is 0 Å². The molecule has 2 aromatic rings. The lowest BCUT2D eigenvalue weighted by Crippen LogP contribution is -2.37. The minimum absolute atomic E-state index is 0.954. The largest absolute Gasteiger partial charge is 0.0900 e. The summed E-state index contributed by atoms with van der Waals surface area (Å²) in [4.78, 5) is 0. The number of benzene rings is 2. The van der Waals surface area contributed by atoms with E-state index in [1.54, 1.807) is 10.4 Å². The minimum Gasteiger partial charge on any atom is -0.0900 e. The molecule has 0 N–H and O–H groups in total. The van der Waals surface area contributed by atoms with E-state index >= 15 is 0 Å². The fourth-order valence-corrected chi connectivity index (χ4v) is 7.31. The van der Waals surface area contributed by atoms with Crippen molar-refractivity contribution in [3.05, 3.63) is 48.5 Å². The van der Waals surface area contributed by atoms with Gasteiger partial charge in [0.25, 0.3) is 0 Å². The molecule has 0 aliphatic rings. The molecule has 130 valence electrons. The van der Waals surface area contributed by atoms with Crippen LogP contribution in [0.3, 0.4) is 0 Å². The van der Waals surface area contributed by atoms with Crippen LogP contribution in [0.25, 0.3) is 0 Å². The molecule has 24 heavy (non-hydrogen) atoms. The summed E-state index contributed by atoms with van der Waals surface area (Å²) in [6, 6.07) is 18.9. The first kappa shape index (κ1) is 20.1. The highest BCUT2D eigenvalue weighted by atomic mass is 31.1. The Morgan fingerprint density at radius 3 is 1.08 bits per heavy atom. The SMILES string of the molecule is C[Si](C)(C)c1ccc(PCCPc2ccc([Si](C)(C)C)cc2)cc1. The molecule has 0 saturated heterocycles. The van der Waals surface area contributed by atoms with Crippen LogP contribution in [0, 0.1) is 0 Å². The van der Waals surface area contributed by atoms with Gasteiger partial charge in [-0.1, -0.05) is 115 Å². The van der Waals surface area contributed by atoms with Crippen molar-refractivity contribution in [2.75, 3.05) is 12.3 Å². The predicted molar refractivity (Wildman–Crippen MR) is 124 cm³/mol. The second-order valence-electron chi connectivity index (χ2n) is 8.51. The molecule has 0 amide bonds. The van der Waals surface area contributed by atoms with Gasteiger partial charge in [-0.2, -0.15) is 0 Å². The Morgan fingerprint density at radius 1 is 0.542 bits per heavy atom. The monoisotopic (exact) mass is 390 g/mol. The van der Waals surface area contributed by atoms with Crippen molar-refractivity contribution < 1.29 is 0 Å². The van der Waals surface area contributed by atoms with E-state index in [-0.39, 0.29) is 0 Å². The molecule has 2 atom stereocenters. The van der Waals surface area contributed by atoms with E-state index in [9.17, 15) is 0 Å². The summed E-state index contributed by atoms with van der Waals surface area (Å²) < 4.78 is 0. The molecule has 4 heteroatoms. The highest BCUT2D eigenvalue weighted by molar-refractivity contribution is 7.51. The fourth-order valence-electron chi connectivity index (χ4n) is 2.59. The zero-order valence-electron chi connectivity index (χ0n) is 16.0. The standard InChI is InChI=1S/C20H32P2Si2/c1-23(2,3)19-11-7-17(8-12-19)21-15-16-22-18-9-13-20(14-10-18)24(4,5)6/h7-14,21-22H,15-16H2,1-6H3. The van der Waals surface area contributed by atoms with Crippen LogP contribution < -0.4 is 21.0 Å². The molecule has 0 spiro atoms. The van der Waals surface area contributed by atoms with E-state index in [1.807, 2.05) is 0 Å². The quantitative estimate of drug-likeness (QED) is 0.380. The van der Waals surface area contributed by atoms with Crippen molar-refractivity contribution in [1.29, 1.82) is 0 Å². The van der Waals surface area contributed by atoms with E-state index in [2.05, 4.69) is 87.8 Å². The van der Waals surface area contributed by atoms with Gasteiger partial charge < -0.3 is 0 Å². The maximum atomic E-state index is 2.42. The highest BCUT2D eigenvalue weighted by Crippen LogP contribution is 2.17. The second kappa shape index (κ2) is 8.41. The van der Waals surface area contributed by atoms with E-state index in [4.69, 9.17) is 0 Å². The summed E-state index contributed by atoms with van der Waals surface area (Å²) in [7, 11) is -0.391. The van der Waals surface area contributed by atoms with Crippen LogP contribution in [0.15, 0.2) is 48.5 Å². The summed E-state index contributed by atoms with van der Waals surface area (Å²) in [5.41, 5.74) is 0. The zero-order chi connectivity index (χ0) is 17.8. The molecule has 2 unspecified atom stereocenters. The highest BCUT2D eigenvalue weighted by Gasteiger charge is 2.16. The van der Waals surface area contributed by atoms with Crippen molar-refractivity contribution >= 4 is 54.3 Å². The van der Waals surface area contributed by atoms with Gasteiger partial charge in [0, 0.05) is 0 Å². The van der Waals surface area contributed by atoms with Gasteiger partial charge in [-0.05, 0) is 22.9 Å². The van der Waals surface area contributed by atoms with E-state index in [0.717, 1.165) is 17.2 Å². The molecule has 0 nitrogen and oxygen atoms in total. The molecule has 2 rings (SSSR count). The number of hydrogen-bond acceptors (Lipinski definition) is 0. The maximum absolute atomic E-state index is 2.42. The Bertz CT molecular complexity index is 576. The first-order valence-corrected chi connectivity index (χ1v) is 18.3. The summed E-state index contributed by atoms with van der Waals surface area (Å²) in [6.45, 7) is 14.5. The first-order chi connectivity index (χ1) is 11.2. The molecule has 0 radical (unpaired) electrons. The number of rotatable bonds is 7. The topological polar surface area (TPSA) is 0 Å². The van der Waals surface area contributed by atoms with Gasteiger partial charge in [0.05, 0.1) is 16.1 Å². The third kappa shape index (κ3) is 6.23. The van der Waals surface area contributed by atoms with Crippen molar-refractivity contribution in [3.63, 3.8) is 0 Å². The molecular formula is C20H32P2Si2. The van der Waals surface area contributed by atoms with Crippen molar-refractivity contribution in [2.24, 2.45) is 0 Å². The van der Waals surface area contributed by atoms with Crippen molar-refractivity contribution in [3.8, 4) is 0 Å². The second-order valence-corrected chi connectivity index (χ2v) is 21.5. The Kier molecular flexibility index (Phi) is 7.03. The van der Waals surface area contributed by atoms with E-state index < -0.39 is 16.1 Å². The van der Waals surface area contributed by atoms with E-state index in [0.29, 0.717) is 0 Å². The Balaban J connectivity index is 1.79. The predicted octanol–water partition coefficient (Wildman–Crippen LogP) is 4.08. The molecule has 0 bridgehead atoms. The van der Waals surface area contributed by atoms with Gasteiger partial charge in [0.2, 0.25) is 0 Å². The van der Waals surface area contributed by atoms with Crippen LogP contribution >= 0.6 is 17.2 Å². The minimum atomic E-state index is -1.15. The average Bonchev–Trinajstić information content (AvgIpc) is 2.51. The van der Waals surface area contributed by atoms with Crippen LogP contribution in [0.4, 0.5) is 0 Å². The molecule has 0 heterocycles. The van der Waals surface area contributed by atoms with Crippen molar-refractivity contribution in [1.82, 2.24) is 0 Å². The lowest BCUT2D eigenvalue weighted by Gasteiger charge is -2.17. The molecule has 0 saturated carbocycles. The van der Waals surface area contributed by atoms with Crippen LogP contribution in [-0.4, -0.2) is 28.5 Å². The lowest BCUT2D eigenvalue weighted by molar-refractivity contribution is 1.54. The van der Waals surface area contributed by atoms with Gasteiger partial charge in [0.15, 0.2) is 0 Å². The lowest BCUT2D eigenvalue weighted by atomic mass is 10.4. The summed E-state index contributed by atoms with van der Waals surface area (Å²) >= 11 is 0. The normalized spacial score (nSPS) is 13.4. The van der Waals surface area contributed by atoms with Crippen LogP contribution in [-0.2, 0) is 0 Å². The third-order valence-corrected chi connectivity index (χ3v) is 11.4. The molecule has 0 aromatic heterocycles. The van der Waals surface area contributed by atoms with Crippen LogP contribution in [0.2, 0.25) is 39.3 Å². The molecule has 0 aliphatic carbocycles. The van der Waals surface area contributed by atoms with Gasteiger partial charge in [-0.3, -0.25) is 0 Å². The zero-order valence-corrected chi connectivity index (χ0v) is 20.0. The Labute approximate surface area is 154 Å². The fraction of sp³-hybridized carbons (Fsp3) is 0.400. The summed E-state index contributed by atoms with van der Waals surface area (Å²) in [5, 5.41) is 6.19. The number of hydrogen-bond donors (Lipinski definition) is 0. The molecule has 0 fully saturated rings. The van der Waals surface area contributed by atoms with E-state index in [1.165, 1.54) is 22.9 Å². The summed E-state index contributed by atoms with van der Waals surface area (Å²) in [5.74, 6) is 0. The third-order valence-electron chi connectivity index (χ3n) is 4.29. The van der Waals surface area contributed by atoms with Gasteiger partial charge >= 0.3 is 0 Å².